The summed E-state index contributed by atoms with van der Waals surface area (Å²) in [7, 11) is 1.56. The Morgan fingerprint density at radius 3 is 2.71 bits per heavy atom. The monoisotopic (exact) mass is 456 g/mol. The molecular weight excluding hydrogens is 436 g/mol. The maximum Gasteiger partial charge on any atom is 0.350 e. The molecule has 10 nitrogen and oxygen atoms in total. The molecule has 10 heteroatoms. The van der Waals surface area contributed by atoms with Crippen molar-refractivity contribution in [2.45, 2.75) is 13.5 Å². The summed E-state index contributed by atoms with van der Waals surface area (Å²) in [5.41, 5.74) is 2.81. The Hall–Kier alpha value is -4.73. The van der Waals surface area contributed by atoms with Crippen molar-refractivity contribution >= 4 is 17.2 Å². The SMILES string of the molecule is COc1ccc(NC(=O)Cn2nc3c(-c4nc(-c5cccc(C)c5)no4)cccn3c2=O)cc1. The lowest BCUT2D eigenvalue weighted by Gasteiger charge is -2.05. The summed E-state index contributed by atoms with van der Waals surface area (Å²) in [5, 5.41) is 11.2. The second kappa shape index (κ2) is 8.66. The van der Waals surface area contributed by atoms with Crippen molar-refractivity contribution in [3.8, 4) is 28.6 Å². The van der Waals surface area contributed by atoms with Crippen LogP contribution in [-0.2, 0) is 11.3 Å². The van der Waals surface area contributed by atoms with Gasteiger partial charge >= 0.3 is 5.69 Å². The van der Waals surface area contributed by atoms with Crippen LogP contribution in [0.2, 0.25) is 0 Å². The van der Waals surface area contributed by atoms with Gasteiger partial charge in [-0.3, -0.25) is 4.79 Å². The number of nitrogens with one attached hydrogen (secondary N) is 1. The molecule has 0 aliphatic heterocycles. The second-order valence-corrected chi connectivity index (χ2v) is 7.62. The fourth-order valence-corrected chi connectivity index (χ4v) is 3.55. The number of methoxy groups -OCH3 is 1. The topological polar surface area (TPSA) is 117 Å². The number of hydrogen-bond donors (Lipinski definition) is 1. The van der Waals surface area contributed by atoms with E-state index in [1.165, 1.54) is 4.40 Å². The minimum atomic E-state index is -0.458. The van der Waals surface area contributed by atoms with Gasteiger partial charge in [-0.1, -0.05) is 28.9 Å². The van der Waals surface area contributed by atoms with Gasteiger partial charge < -0.3 is 14.6 Å². The maximum absolute atomic E-state index is 12.8. The highest BCUT2D eigenvalue weighted by atomic mass is 16.5. The molecule has 0 spiro atoms. The summed E-state index contributed by atoms with van der Waals surface area (Å²) < 4.78 is 13.0. The molecule has 0 saturated carbocycles. The summed E-state index contributed by atoms with van der Waals surface area (Å²) in [6.45, 7) is 1.72. The first-order valence-electron chi connectivity index (χ1n) is 10.4. The lowest BCUT2D eigenvalue weighted by Crippen LogP contribution is -2.28. The number of benzene rings is 2. The van der Waals surface area contributed by atoms with Gasteiger partial charge in [0.2, 0.25) is 11.7 Å². The van der Waals surface area contributed by atoms with E-state index in [4.69, 9.17) is 9.26 Å². The van der Waals surface area contributed by atoms with Gasteiger partial charge in [-0.25, -0.2) is 13.9 Å². The molecule has 2 aromatic carbocycles. The molecule has 3 heterocycles. The molecule has 170 valence electrons. The molecule has 3 aromatic heterocycles. The third kappa shape index (κ3) is 4.04. The van der Waals surface area contributed by atoms with E-state index >= 15 is 0 Å². The third-order valence-electron chi connectivity index (χ3n) is 5.21. The Labute approximate surface area is 193 Å². The highest BCUT2D eigenvalue weighted by Gasteiger charge is 2.18. The quantitative estimate of drug-likeness (QED) is 0.417. The average molecular weight is 456 g/mol. The number of ether oxygens (including phenoxy) is 1. The molecule has 0 saturated heterocycles. The molecule has 0 radical (unpaired) electrons. The van der Waals surface area contributed by atoms with Crippen molar-refractivity contribution in [2.24, 2.45) is 0 Å². The minimum Gasteiger partial charge on any atom is -0.497 e. The van der Waals surface area contributed by atoms with Crippen LogP contribution < -0.4 is 15.7 Å². The number of rotatable bonds is 6. The van der Waals surface area contributed by atoms with Crippen molar-refractivity contribution in [1.29, 1.82) is 0 Å². The number of aryl methyl sites for hydroxylation is 1. The smallest absolute Gasteiger partial charge is 0.350 e. The highest BCUT2D eigenvalue weighted by molar-refractivity contribution is 5.90. The fourth-order valence-electron chi connectivity index (χ4n) is 3.55. The number of nitrogens with zero attached hydrogens (tertiary/aromatic N) is 5. The van der Waals surface area contributed by atoms with Gasteiger partial charge in [-0.2, -0.15) is 4.98 Å². The zero-order valence-electron chi connectivity index (χ0n) is 18.4. The fraction of sp³-hybridized carbons (Fsp3) is 0.125. The Kier molecular flexibility index (Phi) is 5.38. The number of amides is 1. The molecule has 0 aliphatic carbocycles. The van der Waals surface area contributed by atoms with Gasteiger partial charge in [-0.15, -0.1) is 5.10 Å². The van der Waals surface area contributed by atoms with Gasteiger partial charge in [-0.05, 0) is 49.4 Å². The van der Waals surface area contributed by atoms with E-state index < -0.39 is 11.6 Å². The first kappa shape index (κ1) is 21.1. The van der Waals surface area contributed by atoms with E-state index in [1.807, 2.05) is 31.2 Å². The molecule has 34 heavy (non-hydrogen) atoms. The third-order valence-corrected chi connectivity index (χ3v) is 5.21. The van der Waals surface area contributed by atoms with Crippen LogP contribution >= 0.6 is 0 Å². The molecule has 1 amide bonds. The van der Waals surface area contributed by atoms with Crippen LogP contribution in [0.3, 0.4) is 0 Å². The van der Waals surface area contributed by atoms with E-state index in [0.717, 1.165) is 15.8 Å². The van der Waals surface area contributed by atoms with E-state index in [1.54, 1.807) is 49.7 Å². The number of hydrogen-bond acceptors (Lipinski definition) is 7. The minimum absolute atomic E-state index is 0.224. The summed E-state index contributed by atoms with van der Waals surface area (Å²) >= 11 is 0. The van der Waals surface area contributed by atoms with Crippen LogP contribution in [0.5, 0.6) is 5.75 Å². The zero-order valence-corrected chi connectivity index (χ0v) is 18.4. The van der Waals surface area contributed by atoms with E-state index in [2.05, 4.69) is 20.6 Å². The maximum atomic E-state index is 12.8. The molecule has 1 N–H and O–H groups in total. The van der Waals surface area contributed by atoms with Crippen molar-refractivity contribution < 1.29 is 14.1 Å². The standard InChI is InChI=1S/C24H20N6O4/c1-15-5-3-6-16(13-15)21-26-23(34-28-21)19-7-4-12-29-22(19)27-30(24(29)32)14-20(31)25-17-8-10-18(33-2)11-9-17/h3-13H,14H2,1-2H3,(H,25,31). The van der Waals surface area contributed by atoms with Gasteiger partial charge in [0.05, 0.1) is 12.7 Å². The summed E-state index contributed by atoms with van der Waals surface area (Å²) in [6.07, 6.45) is 1.57. The summed E-state index contributed by atoms with van der Waals surface area (Å²) in [5.74, 6) is 0.939. The van der Waals surface area contributed by atoms with Crippen LogP contribution in [0.25, 0.3) is 28.5 Å². The van der Waals surface area contributed by atoms with Crippen LogP contribution in [0.15, 0.2) is 76.2 Å². The first-order chi connectivity index (χ1) is 16.5. The Bertz CT molecular complexity index is 1550. The number of carbonyl (C=O) groups is 1. The van der Waals surface area contributed by atoms with Crippen LogP contribution in [-0.4, -0.2) is 37.3 Å². The van der Waals surface area contributed by atoms with E-state index in [-0.39, 0.29) is 12.4 Å². The van der Waals surface area contributed by atoms with E-state index in [9.17, 15) is 9.59 Å². The van der Waals surface area contributed by atoms with Crippen molar-refractivity contribution in [1.82, 2.24) is 24.3 Å². The van der Waals surface area contributed by atoms with Gasteiger partial charge in [0, 0.05) is 17.4 Å². The van der Waals surface area contributed by atoms with E-state index in [0.29, 0.717) is 28.5 Å². The predicted molar refractivity (Wildman–Crippen MR) is 125 cm³/mol. The molecule has 0 fully saturated rings. The van der Waals surface area contributed by atoms with Crippen LogP contribution in [0.1, 0.15) is 5.56 Å². The summed E-state index contributed by atoms with van der Waals surface area (Å²) in [4.78, 5) is 29.8. The number of aromatic nitrogens is 5. The Morgan fingerprint density at radius 2 is 1.94 bits per heavy atom. The molecule has 0 atom stereocenters. The zero-order chi connectivity index (χ0) is 23.7. The van der Waals surface area contributed by atoms with Crippen LogP contribution in [0, 0.1) is 6.92 Å². The largest absolute Gasteiger partial charge is 0.497 e. The molecular formula is C24H20N6O4. The lowest BCUT2D eigenvalue weighted by molar-refractivity contribution is -0.117. The highest BCUT2D eigenvalue weighted by Crippen LogP contribution is 2.25. The Morgan fingerprint density at radius 1 is 1.12 bits per heavy atom. The molecule has 0 unspecified atom stereocenters. The van der Waals surface area contributed by atoms with Crippen molar-refractivity contribution in [3.05, 3.63) is 82.9 Å². The molecule has 5 aromatic rings. The lowest BCUT2D eigenvalue weighted by atomic mass is 10.1. The normalized spacial score (nSPS) is 11.0. The molecule has 0 aliphatic rings. The Balaban J connectivity index is 1.42. The number of anilines is 1. The number of carbonyl (C=O) groups excluding carboxylic acids is 1. The molecule has 0 bridgehead atoms. The predicted octanol–water partition coefficient (Wildman–Crippen LogP) is 3.17. The van der Waals surface area contributed by atoms with Gasteiger partial charge in [0.15, 0.2) is 5.65 Å². The summed E-state index contributed by atoms with van der Waals surface area (Å²) in [6, 6.07) is 18.0. The second-order valence-electron chi connectivity index (χ2n) is 7.62. The van der Waals surface area contributed by atoms with Crippen molar-refractivity contribution in [2.75, 3.05) is 12.4 Å². The van der Waals surface area contributed by atoms with Crippen LogP contribution in [0.4, 0.5) is 5.69 Å². The van der Waals surface area contributed by atoms with Gasteiger partial charge in [0.1, 0.15) is 12.3 Å². The number of fused-ring (bicyclic) bond motifs is 1. The molecule has 5 rings (SSSR count). The van der Waals surface area contributed by atoms with Gasteiger partial charge in [0.25, 0.3) is 5.89 Å². The first-order valence-corrected chi connectivity index (χ1v) is 10.4. The van der Waals surface area contributed by atoms with Crippen molar-refractivity contribution in [3.63, 3.8) is 0 Å². The number of pyridine rings is 1. The average Bonchev–Trinajstić information content (AvgIpc) is 3.45.